The highest BCUT2D eigenvalue weighted by atomic mass is 32.2. The van der Waals surface area contributed by atoms with E-state index < -0.39 is 11.8 Å². The average Bonchev–Trinajstić information content (AvgIpc) is 3.91. The maximum Gasteiger partial charge on any atom is 0.245 e. The van der Waals surface area contributed by atoms with Crippen LogP contribution in [-0.4, -0.2) is 150 Å². The first-order chi connectivity index (χ1) is 27.4. The number of piperazine rings is 1. The molecule has 6 saturated heterocycles. The highest BCUT2D eigenvalue weighted by molar-refractivity contribution is 8.00. The van der Waals surface area contributed by atoms with Gasteiger partial charge in [0.15, 0.2) is 5.79 Å². The van der Waals surface area contributed by atoms with Crippen molar-refractivity contribution in [1.82, 2.24) is 30.2 Å². The number of hydrogen-bond donors (Lipinski definition) is 2. The summed E-state index contributed by atoms with van der Waals surface area (Å²) >= 11 is 1.98. The SMILES string of the molecule is CC(C)C[C@H]1C(=O)N([C@@H](CC(C)C)C(=O)N2CCC3(C[C@@H]2C)OCC(CN2CCCC2)CO3)CCN1CCCCCNC(=O)CCCC[C@@H]1SC[C@@H]2NC(=O)C[C@@H]21. The second kappa shape index (κ2) is 21.0. The summed E-state index contributed by atoms with van der Waals surface area (Å²) in [6.45, 7) is 19.0. The van der Waals surface area contributed by atoms with Gasteiger partial charge >= 0.3 is 0 Å². The fraction of sp³-hybridized carbons (Fsp3) is 0.909. The maximum atomic E-state index is 14.5. The molecule has 0 saturated carbocycles. The smallest absolute Gasteiger partial charge is 0.245 e. The molecule has 0 aromatic rings. The van der Waals surface area contributed by atoms with E-state index in [2.05, 4.69) is 55.1 Å². The Morgan fingerprint density at radius 1 is 0.947 bits per heavy atom. The van der Waals surface area contributed by atoms with Crippen LogP contribution in [0.15, 0.2) is 0 Å². The summed E-state index contributed by atoms with van der Waals surface area (Å²) in [5.41, 5.74) is 0. The maximum absolute atomic E-state index is 14.5. The van der Waals surface area contributed by atoms with Crippen molar-refractivity contribution in [3.8, 4) is 0 Å². The van der Waals surface area contributed by atoms with E-state index in [0.717, 1.165) is 70.3 Å². The molecule has 6 heterocycles. The minimum atomic E-state index is -0.614. The van der Waals surface area contributed by atoms with E-state index in [0.29, 0.717) is 94.0 Å². The van der Waals surface area contributed by atoms with Gasteiger partial charge < -0.3 is 34.8 Å². The molecule has 2 N–H and O–H groups in total. The Hall–Kier alpha value is -1.93. The number of thioether (sulfide) groups is 1. The lowest BCUT2D eigenvalue weighted by Gasteiger charge is -2.50. The zero-order valence-corrected chi connectivity index (χ0v) is 36.8. The highest BCUT2D eigenvalue weighted by Crippen LogP contribution is 2.41. The van der Waals surface area contributed by atoms with Gasteiger partial charge in [0.25, 0.3) is 0 Å². The van der Waals surface area contributed by atoms with Crippen LogP contribution in [0.4, 0.5) is 0 Å². The molecule has 6 rings (SSSR count). The molecule has 6 aliphatic rings. The van der Waals surface area contributed by atoms with Crippen LogP contribution < -0.4 is 10.6 Å². The number of amides is 4. The van der Waals surface area contributed by atoms with E-state index in [1.54, 1.807) is 0 Å². The summed E-state index contributed by atoms with van der Waals surface area (Å²) < 4.78 is 12.9. The van der Waals surface area contributed by atoms with Crippen LogP contribution >= 0.6 is 11.8 Å². The molecule has 1 spiro atoms. The Balaban J connectivity index is 0.918. The van der Waals surface area contributed by atoms with Crippen LogP contribution in [0.3, 0.4) is 0 Å². The van der Waals surface area contributed by atoms with E-state index >= 15 is 0 Å². The Labute approximate surface area is 348 Å². The van der Waals surface area contributed by atoms with Crippen molar-refractivity contribution in [1.29, 1.82) is 0 Å². The number of nitrogens with zero attached hydrogens (tertiary/aromatic N) is 4. The van der Waals surface area contributed by atoms with Gasteiger partial charge in [-0.25, -0.2) is 0 Å². The number of hydrogen-bond acceptors (Lipinski definition) is 9. The Morgan fingerprint density at radius 3 is 2.44 bits per heavy atom. The molecule has 4 amide bonds. The quantitative estimate of drug-likeness (QED) is 0.176. The largest absolute Gasteiger partial charge is 0.356 e. The number of rotatable bonds is 19. The number of carbonyl (C=O) groups excluding carboxylic acids is 4. The van der Waals surface area contributed by atoms with Gasteiger partial charge in [0.2, 0.25) is 23.6 Å². The third kappa shape index (κ3) is 12.1. The monoisotopic (exact) mass is 817 g/mol. The lowest BCUT2D eigenvalue weighted by Crippen LogP contribution is -2.64. The molecule has 6 atom stereocenters. The van der Waals surface area contributed by atoms with Gasteiger partial charge in [-0.15, -0.1) is 0 Å². The van der Waals surface area contributed by atoms with Crippen molar-refractivity contribution in [3.63, 3.8) is 0 Å². The number of fused-ring (bicyclic) bond motifs is 1. The third-order valence-corrected chi connectivity index (χ3v) is 15.1. The predicted molar refractivity (Wildman–Crippen MR) is 226 cm³/mol. The van der Waals surface area contributed by atoms with Crippen LogP contribution in [0.1, 0.15) is 125 Å². The Kier molecular flexibility index (Phi) is 16.5. The minimum Gasteiger partial charge on any atom is -0.356 e. The van der Waals surface area contributed by atoms with Crippen molar-refractivity contribution in [3.05, 3.63) is 0 Å². The summed E-state index contributed by atoms with van der Waals surface area (Å²) in [4.78, 5) is 62.0. The first-order valence-electron chi connectivity index (χ1n) is 22.9. The van der Waals surface area contributed by atoms with Crippen molar-refractivity contribution < 1.29 is 28.7 Å². The summed E-state index contributed by atoms with van der Waals surface area (Å²) in [6.07, 6.45) is 12.5. The fourth-order valence-electron chi connectivity index (χ4n) is 10.4. The predicted octanol–water partition coefficient (Wildman–Crippen LogP) is 4.89. The first-order valence-corrected chi connectivity index (χ1v) is 24.0. The number of ether oxygens (including phenoxy) is 2. The Morgan fingerprint density at radius 2 is 1.72 bits per heavy atom. The van der Waals surface area contributed by atoms with Crippen molar-refractivity contribution in [2.75, 3.05) is 71.3 Å². The summed E-state index contributed by atoms with van der Waals surface area (Å²) in [5, 5.41) is 6.76. The topological polar surface area (TPSA) is 124 Å². The standard InChI is InChI=1S/C44H76N6O6S/c1-31(2)23-37-42(53)50(22-21-48(37)19-10-6-9-16-45-40(51)14-8-7-13-39-35-25-41(52)46-36(35)30-57-39)38(24-32(3)4)43(54)49-20-15-44(26-33(49)5)55-28-34(29-56-44)27-47-17-11-12-18-47/h31-39H,6-30H2,1-5H3,(H,45,51)(H,46,52)/t33-,34?,35-,36-,37-,38-,39-,44?/m0/s1. The van der Waals surface area contributed by atoms with E-state index in [1.807, 2.05) is 21.6 Å². The zero-order chi connectivity index (χ0) is 40.5. The molecule has 0 radical (unpaired) electrons. The van der Waals surface area contributed by atoms with Gasteiger partial charge in [0, 0.05) is 93.3 Å². The van der Waals surface area contributed by atoms with Crippen molar-refractivity contribution in [2.45, 2.75) is 160 Å². The lowest BCUT2D eigenvalue weighted by atomic mass is 9.91. The molecule has 57 heavy (non-hydrogen) atoms. The van der Waals surface area contributed by atoms with E-state index in [1.165, 1.54) is 25.9 Å². The number of carbonyl (C=O) groups is 4. The molecule has 0 aromatic carbocycles. The first kappa shape index (κ1) is 44.6. The molecule has 0 unspecified atom stereocenters. The van der Waals surface area contributed by atoms with Crippen molar-refractivity contribution >= 4 is 35.4 Å². The van der Waals surface area contributed by atoms with Gasteiger partial charge in [-0.05, 0) is 89.8 Å². The van der Waals surface area contributed by atoms with Gasteiger partial charge in [0.1, 0.15) is 6.04 Å². The number of nitrogens with one attached hydrogen (secondary N) is 2. The molecular weight excluding hydrogens is 741 g/mol. The van der Waals surface area contributed by atoms with Crippen LogP contribution in [0, 0.1) is 23.7 Å². The zero-order valence-electron chi connectivity index (χ0n) is 36.0. The second-order valence-electron chi connectivity index (χ2n) is 19.2. The number of unbranched alkanes of at least 4 members (excludes halogenated alkanes) is 3. The van der Waals surface area contributed by atoms with E-state index in [-0.39, 0.29) is 41.6 Å². The lowest BCUT2D eigenvalue weighted by molar-refractivity contribution is -0.303. The second-order valence-corrected chi connectivity index (χ2v) is 20.4. The molecular formula is C44H76N6O6S. The summed E-state index contributed by atoms with van der Waals surface area (Å²) in [7, 11) is 0. The summed E-state index contributed by atoms with van der Waals surface area (Å²) in [5.74, 6) is 2.42. The van der Waals surface area contributed by atoms with Gasteiger partial charge in [-0.3, -0.25) is 24.1 Å². The van der Waals surface area contributed by atoms with Crippen LogP contribution in [0.25, 0.3) is 0 Å². The minimum absolute atomic E-state index is 0.0313. The normalized spacial score (nSPS) is 31.8. The van der Waals surface area contributed by atoms with Crippen LogP contribution in [-0.2, 0) is 28.7 Å². The molecule has 6 aliphatic heterocycles. The fourth-order valence-corrected chi connectivity index (χ4v) is 12.1. The molecule has 12 nitrogen and oxygen atoms in total. The molecule has 0 aromatic heterocycles. The Bertz CT molecular complexity index is 1340. The van der Waals surface area contributed by atoms with Crippen molar-refractivity contribution in [2.24, 2.45) is 23.7 Å². The molecule has 0 aliphatic carbocycles. The van der Waals surface area contributed by atoms with Crippen LogP contribution in [0.5, 0.6) is 0 Å². The molecule has 324 valence electrons. The van der Waals surface area contributed by atoms with Gasteiger partial charge in [-0.2, -0.15) is 11.8 Å². The number of likely N-dealkylation sites (tertiary alicyclic amines) is 2. The van der Waals surface area contributed by atoms with Gasteiger partial charge in [-0.1, -0.05) is 40.5 Å². The third-order valence-electron chi connectivity index (χ3n) is 13.6. The molecule has 13 heteroatoms. The molecule has 6 fully saturated rings. The highest BCUT2D eigenvalue weighted by Gasteiger charge is 2.48. The number of piperidine rings is 1. The average molecular weight is 817 g/mol. The van der Waals surface area contributed by atoms with E-state index in [4.69, 9.17) is 9.47 Å². The van der Waals surface area contributed by atoms with Gasteiger partial charge in [0.05, 0.1) is 19.3 Å². The van der Waals surface area contributed by atoms with E-state index in [9.17, 15) is 19.2 Å². The summed E-state index contributed by atoms with van der Waals surface area (Å²) in [6, 6.07) is -0.360. The molecule has 0 bridgehead atoms. The van der Waals surface area contributed by atoms with Crippen LogP contribution in [0.2, 0.25) is 0 Å².